The Bertz CT molecular complexity index is 319. The monoisotopic (exact) mass is 163 g/mol. The molecule has 0 aliphatic carbocycles. The van der Waals surface area contributed by atoms with Crippen molar-refractivity contribution in [3.05, 3.63) is 24.3 Å². The van der Waals surface area contributed by atoms with Crippen molar-refractivity contribution >= 4 is 24.2 Å². The molecular formula is C7H5N3S. The Balaban J connectivity index is 2.52. The average molecular weight is 163 g/mol. The van der Waals surface area contributed by atoms with Gasteiger partial charge in [-0.2, -0.15) is 0 Å². The standard InChI is InChI=1S/C7H5N3S/c1-2-6-7(11-10-3-1)4-8-5-9-6/h1-5H. The van der Waals surface area contributed by atoms with Gasteiger partial charge in [-0.05, 0) is 12.2 Å². The van der Waals surface area contributed by atoms with Crippen molar-refractivity contribution in [1.82, 2.24) is 9.97 Å². The van der Waals surface area contributed by atoms with Crippen molar-refractivity contribution in [2.24, 2.45) is 4.40 Å². The molecule has 1 aromatic rings. The van der Waals surface area contributed by atoms with Crippen LogP contribution in [0, 0.1) is 0 Å². The van der Waals surface area contributed by atoms with Gasteiger partial charge in [-0.15, -0.1) is 0 Å². The van der Waals surface area contributed by atoms with Gasteiger partial charge in [0.15, 0.2) is 0 Å². The highest BCUT2D eigenvalue weighted by molar-refractivity contribution is 7.98. The summed E-state index contributed by atoms with van der Waals surface area (Å²) >= 11 is 1.39. The second-order valence-corrected chi connectivity index (χ2v) is 2.81. The third-order valence-corrected chi connectivity index (χ3v) is 2.00. The fraction of sp³-hybridized carbons (Fsp3) is 0. The Morgan fingerprint density at radius 3 is 3.36 bits per heavy atom. The summed E-state index contributed by atoms with van der Waals surface area (Å²) in [6.45, 7) is 0. The summed E-state index contributed by atoms with van der Waals surface area (Å²) in [4.78, 5) is 8.98. The van der Waals surface area contributed by atoms with Crippen molar-refractivity contribution < 1.29 is 0 Å². The molecule has 0 spiro atoms. The van der Waals surface area contributed by atoms with E-state index in [4.69, 9.17) is 0 Å². The van der Waals surface area contributed by atoms with E-state index < -0.39 is 0 Å². The Labute approximate surface area is 68.4 Å². The first-order chi connectivity index (χ1) is 5.47. The summed E-state index contributed by atoms with van der Waals surface area (Å²) in [6.07, 6.45) is 8.83. The van der Waals surface area contributed by atoms with Crippen LogP contribution in [0.15, 0.2) is 27.9 Å². The topological polar surface area (TPSA) is 38.1 Å². The van der Waals surface area contributed by atoms with Crippen molar-refractivity contribution in [1.29, 1.82) is 0 Å². The third kappa shape index (κ3) is 1.30. The van der Waals surface area contributed by atoms with Gasteiger partial charge >= 0.3 is 0 Å². The molecule has 0 amide bonds. The van der Waals surface area contributed by atoms with Crippen molar-refractivity contribution in [2.45, 2.75) is 4.90 Å². The highest BCUT2D eigenvalue weighted by Crippen LogP contribution is 2.23. The predicted molar refractivity (Wildman–Crippen MR) is 45.4 cm³/mol. The molecule has 0 N–H and O–H groups in total. The minimum Gasteiger partial charge on any atom is -0.244 e. The van der Waals surface area contributed by atoms with E-state index in [0.29, 0.717) is 0 Å². The van der Waals surface area contributed by atoms with Crippen LogP contribution < -0.4 is 0 Å². The van der Waals surface area contributed by atoms with Gasteiger partial charge in [-0.3, -0.25) is 0 Å². The first kappa shape index (κ1) is 6.54. The second-order valence-electron chi connectivity index (χ2n) is 1.98. The van der Waals surface area contributed by atoms with Crippen LogP contribution in [0.2, 0.25) is 0 Å². The molecule has 1 aromatic heterocycles. The van der Waals surface area contributed by atoms with Gasteiger partial charge in [0.2, 0.25) is 0 Å². The van der Waals surface area contributed by atoms with Gasteiger partial charge in [0.1, 0.15) is 6.33 Å². The lowest BCUT2D eigenvalue weighted by Crippen LogP contribution is -1.84. The van der Waals surface area contributed by atoms with E-state index in [1.54, 1.807) is 12.4 Å². The number of rotatable bonds is 0. The Morgan fingerprint density at radius 2 is 2.36 bits per heavy atom. The van der Waals surface area contributed by atoms with Gasteiger partial charge in [0.05, 0.1) is 10.6 Å². The van der Waals surface area contributed by atoms with Crippen molar-refractivity contribution in [3.63, 3.8) is 0 Å². The van der Waals surface area contributed by atoms with Crippen molar-refractivity contribution in [3.8, 4) is 0 Å². The van der Waals surface area contributed by atoms with E-state index in [1.165, 1.54) is 18.3 Å². The number of hydrogen-bond acceptors (Lipinski definition) is 4. The maximum atomic E-state index is 4.08. The molecule has 2 rings (SSSR count). The minimum absolute atomic E-state index is 0.933. The summed E-state index contributed by atoms with van der Waals surface area (Å²) in [5.74, 6) is 0. The molecule has 54 valence electrons. The molecule has 11 heavy (non-hydrogen) atoms. The Morgan fingerprint density at radius 1 is 1.36 bits per heavy atom. The fourth-order valence-corrected chi connectivity index (χ4v) is 1.35. The summed E-state index contributed by atoms with van der Waals surface area (Å²) in [5.41, 5.74) is 0.933. The van der Waals surface area contributed by atoms with Crippen LogP contribution in [-0.4, -0.2) is 16.2 Å². The molecule has 0 fully saturated rings. The number of fused-ring (bicyclic) bond motifs is 1. The van der Waals surface area contributed by atoms with E-state index in [1.807, 2.05) is 12.2 Å². The molecule has 1 aliphatic heterocycles. The van der Waals surface area contributed by atoms with Crippen LogP contribution in [0.1, 0.15) is 5.69 Å². The highest BCUT2D eigenvalue weighted by atomic mass is 32.2. The molecular weight excluding hydrogens is 158 g/mol. The predicted octanol–water partition coefficient (Wildman–Crippen LogP) is 1.58. The van der Waals surface area contributed by atoms with Crippen LogP contribution >= 0.6 is 11.9 Å². The normalized spacial score (nSPS) is 14.2. The smallest absolute Gasteiger partial charge is 0.116 e. The Hall–Kier alpha value is -1.16. The van der Waals surface area contributed by atoms with Gasteiger partial charge in [-0.25, -0.2) is 14.4 Å². The van der Waals surface area contributed by atoms with Gasteiger partial charge < -0.3 is 0 Å². The molecule has 3 nitrogen and oxygen atoms in total. The molecule has 0 saturated heterocycles. The second kappa shape index (κ2) is 2.84. The summed E-state index contributed by atoms with van der Waals surface area (Å²) in [7, 11) is 0. The van der Waals surface area contributed by atoms with Gasteiger partial charge in [-0.1, -0.05) is 0 Å². The van der Waals surface area contributed by atoms with E-state index in [-0.39, 0.29) is 0 Å². The maximum Gasteiger partial charge on any atom is 0.116 e. The van der Waals surface area contributed by atoms with E-state index in [2.05, 4.69) is 14.4 Å². The van der Waals surface area contributed by atoms with Crippen LogP contribution in [0.4, 0.5) is 0 Å². The third-order valence-electron chi connectivity index (χ3n) is 1.26. The highest BCUT2D eigenvalue weighted by Gasteiger charge is 2.01. The molecule has 0 unspecified atom stereocenters. The van der Waals surface area contributed by atoms with Crippen LogP contribution in [0.25, 0.3) is 6.08 Å². The molecule has 0 saturated carbocycles. The maximum absolute atomic E-state index is 4.08. The lowest BCUT2D eigenvalue weighted by atomic mass is 10.4. The van der Waals surface area contributed by atoms with Crippen LogP contribution in [0.5, 0.6) is 0 Å². The quantitative estimate of drug-likeness (QED) is 0.545. The lowest BCUT2D eigenvalue weighted by molar-refractivity contribution is 1.08. The van der Waals surface area contributed by atoms with Crippen LogP contribution in [0.3, 0.4) is 0 Å². The first-order valence-corrected chi connectivity index (χ1v) is 3.91. The minimum atomic E-state index is 0.933. The first-order valence-electron chi connectivity index (χ1n) is 3.14. The average Bonchev–Trinajstić information content (AvgIpc) is 2.28. The molecule has 0 bridgehead atoms. The van der Waals surface area contributed by atoms with E-state index in [0.717, 1.165) is 10.6 Å². The summed E-state index contributed by atoms with van der Waals surface area (Å²) in [6, 6.07) is 0. The van der Waals surface area contributed by atoms with Gasteiger partial charge in [0, 0.05) is 24.4 Å². The molecule has 0 aromatic carbocycles. The zero-order valence-corrected chi connectivity index (χ0v) is 6.45. The molecule has 2 heterocycles. The fourth-order valence-electron chi connectivity index (χ4n) is 0.778. The molecule has 0 atom stereocenters. The van der Waals surface area contributed by atoms with Crippen molar-refractivity contribution in [2.75, 3.05) is 0 Å². The van der Waals surface area contributed by atoms with E-state index >= 15 is 0 Å². The SMILES string of the molecule is C1=Cc2ncncc2SN=C1. The number of allylic oxidation sites excluding steroid dienone is 1. The van der Waals surface area contributed by atoms with Crippen LogP contribution in [-0.2, 0) is 0 Å². The lowest BCUT2D eigenvalue weighted by Gasteiger charge is -1.95. The van der Waals surface area contributed by atoms with E-state index in [9.17, 15) is 0 Å². The number of hydrogen-bond donors (Lipinski definition) is 0. The zero-order chi connectivity index (χ0) is 7.52. The molecule has 0 radical (unpaired) electrons. The number of nitrogens with zero attached hydrogens (tertiary/aromatic N) is 3. The zero-order valence-electron chi connectivity index (χ0n) is 5.64. The summed E-state index contributed by atoms with van der Waals surface area (Å²) < 4.78 is 4.04. The summed E-state index contributed by atoms with van der Waals surface area (Å²) in [5, 5.41) is 0. The molecule has 4 heteroatoms. The largest absolute Gasteiger partial charge is 0.244 e. The molecule has 1 aliphatic rings. The van der Waals surface area contributed by atoms with Gasteiger partial charge in [0.25, 0.3) is 0 Å². The Kier molecular flexibility index (Phi) is 1.69. The number of aromatic nitrogens is 2.